The maximum atomic E-state index is 12.6. The number of amides is 1. The highest BCUT2D eigenvalue weighted by Gasteiger charge is 2.14. The highest BCUT2D eigenvalue weighted by Crippen LogP contribution is 2.36. The van der Waals surface area contributed by atoms with Crippen molar-refractivity contribution in [2.45, 2.75) is 20.1 Å². The largest absolute Gasteiger partial charge is 0.497 e. The van der Waals surface area contributed by atoms with Crippen LogP contribution in [0.2, 0.25) is 5.02 Å². The van der Waals surface area contributed by atoms with Gasteiger partial charge in [0.2, 0.25) is 0 Å². The summed E-state index contributed by atoms with van der Waals surface area (Å²) in [6.07, 6.45) is 1.51. The Morgan fingerprint density at radius 1 is 1.11 bits per heavy atom. The van der Waals surface area contributed by atoms with Gasteiger partial charge in [-0.15, -0.1) is 0 Å². The molecule has 0 radical (unpaired) electrons. The van der Waals surface area contributed by atoms with Crippen molar-refractivity contribution in [3.8, 4) is 23.3 Å². The fraction of sp³-hybridized carbons (Fsp3) is 0.185. The van der Waals surface area contributed by atoms with E-state index in [-0.39, 0.29) is 18.7 Å². The Labute approximate surface area is 218 Å². The van der Waals surface area contributed by atoms with Crippen molar-refractivity contribution in [2.24, 2.45) is 0 Å². The summed E-state index contributed by atoms with van der Waals surface area (Å²) in [4.78, 5) is 12.6. The van der Waals surface area contributed by atoms with Gasteiger partial charge in [-0.1, -0.05) is 57.9 Å². The summed E-state index contributed by atoms with van der Waals surface area (Å²) in [6, 6.07) is 20.2. The lowest BCUT2D eigenvalue weighted by atomic mass is 10.1. The van der Waals surface area contributed by atoms with Crippen LogP contribution >= 0.6 is 27.5 Å². The van der Waals surface area contributed by atoms with Gasteiger partial charge in [0, 0.05) is 21.6 Å². The number of nitrogens with one attached hydrogen (secondary N) is 1. The standard InChI is InChI=1S/C27H24BrClN2O4/c1-3-34-25-13-20(23(28)14-26(25)35-17-19-6-4-5-7-24(19)29)12-21(15-30)27(32)31-16-18-8-10-22(33-2)11-9-18/h4-14H,3,16-17H2,1-2H3,(H,31,32)/b21-12-. The van der Waals surface area contributed by atoms with Gasteiger partial charge in [0.25, 0.3) is 5.91 Å². The number of benzene rings is 3. The summed E-state index contributed by atoms with van der Waals surface area (Å²) >= 11 is 9.74. The number of halogens is 2. The second-order valence-corrected chi connectivity index (χ2v) is 8.60. The van der Waals surface area contributed by atoms with E-state index in [2.05, 4.69) is 21.2 Å². The normalized spacial score (nSPS) is 10.9. The monoisotopic (exact) mass is 554 g/mol. The molecule has 0 fully saturated rings. The van der Waals surface area contributed by atoms with Crippen molar-refractivity contribution in [3.05, 3.63) is 92.4 Å². The van der Waals surface area contributed by atoms with Crippen LogP contribution in [0.25, 0.3) is 6.08 Å². The highest BCUT2D eigenvalue weighted by atomic mass is 79.9. The van der Waals surface area contributed by atoms with Crippen LogP contribution in [0, 0.1) is 11.3 Å². The number of nitrogens with zero attached hydrogens (tertiary/aromatic N) is 1. The smallest absolute Gasteiger partial charge is 0.262 e. The molecule has 0 atom stereocenters. The predicted molar refractivity (Wildman–Crippen MR) is 140 cm³/mol. The first-order chi connectivity index (χ1) is 16.9. The number of carbonyl (C=O) groups excluding carboxylic acids is 1. The van der Waals surface area contributed by atoms with Gasteiger partial charge in [0.15, 0.2) is 11.5 Å². The van der Waals surface area contributed by atoms with Crippen molar-refractivity contribution < 1.29 is 19.0 Å². The van der Waals surface area contributed by atoms with Crippen molar-refractivity contribution in [2.75, 3.05) is 13.7 Å². The number of hydrogen-bond donors (Lipinski definition) is 1. The first-order valence-corrected chi connectivity index (χ1v) is 12.0. The lowest BCUT2D eigenvalue weighted by molar-refractivity contribution is -0.117. The first kappa shape index (κ1) is 26.1. The Morgan fingerprint density at radius 3 is 2.49 bits per heavy atom. The van der Waals surface area contributed by atoms with Crippen LogP contribution in [-0.2, 0) is 17.9 Å². The van der Waals surface area contributed by atoms with Crippen molar-refractivity contribution in [1.29, 1.82) is 5.26 Å². The zero-order chi connectivity index (χ0) is 25.2. The molecule has 0 aromatic heterocycles. The highest BCUT2D eigenvalue weighted by molar-refractivity contribution is 9.10. The molecule has 0 aliphatic heterocycles. The van der Waals surface area contributed by atoms with Crippen molar-refractivity contribution >= 4 is 39.5 Å². The minimum atomic E-state index is -0.479. The molecule has 0 heterocycles. The summed E-state index contributed by atoms with van der Waals surface area (Å²) in [7, 11) is 1.59. The van der Waals surface area contributed by atoms with E-state index in [1.807, 2.05) is 55.5 Å². The molecule has 35 heavy (non-hydrogen) atoms. The quantitative estimate of drug-likeness (QED) is 0.234. The fourth-order valence-electron chi connectivity index (χ4n) is 3.14. The average molecular weight is 556 g/mol. The second-order valence-electron chi connectivity index (χ2n) is 7.33. The molecule has 8 heteroatoms. The molecule has 0 saturated heterocycles. The Morgan fingerprint density at radius 2 is 1.83 bits per heavy atom. The predicted octanol–water partition coefficient (Wildman–Crippen LogP) is 6.31. The van der Waals surface area contributed by atoms with Gasteiger partial charge in [0.1, 0.15) is 24.0 Å². The number of rotatable bonds is 10. The van der Waals surface area contributed by atoms with Crippen LogP contribution in [0.3, 0.4) is 0 Å². The van der Waals surface area contributed by atoms with Gasteiger partial charge in [-0.05, 0) is 54.5 Å². The molecule has 6 nitrogen and oxygen atoms in total. The van der Waals surface area contributed by atoms with E-state index in [1.54, 1.807) is 25.3 Å². The van der Waals surface area contributed by atoms with Gasteiger partial charge >= 0.3 is 0 Å². The Kier molecular flexibility index (Phi) is 9.59. The third-order valence-electron chi connectivity index (χ3n) is 4.98. The molecule has 3 rings (SSSR count). The minimum absolute atomic E-state index is 0.0357. The third kappa shape index (κ3) is 7.25. The van der Waals surface area contributed by atoms with Crippen LogP contribution in [0.15, 0.2) is 70.7 Å². The van der Waals surface area contributed by atoms with Gasteiger partial charge in [-0.2, -0.15) is 5.26 Å². The first-order valence-electron chi connectivity index (χ1n) is 10.8. The van der Waals surface area contributed by atoms with E-state index in [0.29, 0.717) is 33.2 Å². The molecule has 1 amide bonds. The van der Waals surface area contributed by atoms with E-state index in [4.69, 9.17) is 25.8 Å². The topological polar surface area (TPSA) is 80.6 Å². The minimum Gasteiger partial charge on any atom is -0.497 e. The van der Waals surface area contributed by atoms with E-state index < -0.39 is 5.91 Å². The zero-order valence-corrected chi connectivity index (χ0v) is 21.7. The van der Waals surface area contributed by atoms with E-state index in [9.17, 15) is 10.1 Å². The number of carbonyl (C=O) groups is 1. The van der Waals surface area contributed by atoms with Crippen molar-refractivity contribution in [1.82, 2.24) is 5.32 Å². The molecular weight excluding hydrogens is 532 g/mol. The zero-order valence-electron chi connectivity index (χ0n) is 19.3. The van der Waals surface area contributed by atoms with Gasteiger partial charge in [-0.25, -0.2) is 0 Å². The van der Waals surface area contributed by atoms with Gasteiger partial charge in [-0.3, -0.25) is 4.79 Å². The van der Waals surface area contributed by atoms with E-state index in [0.717, 1.165) is 16.9 Å². The van der Waals surface area contributed by atoms with E-state index in [1.165, 1.54) is 6.08 Å². The van der Waals surface area contributed by atoms with Crippen molar-refractivity contribution in [3.63, 3.8) is 0 Å². The number of methoxy groups -OCH3 is 1. The molecule has 0 saturated carbocycles. The molecule has 0 spiro atoms. The second kappa shape index (κ2) is 12.8. The summed E-state index contributed by atoms with van der Waals surface area (Å²) in [6.45, 7) is 2.82. The Bertz CT molecular complexity index is 1250. The van der Waals surface area contributed by atoms with Crippen LogP contribution < -0.4 is 19.5 Å². The molecule has 3 aromatic rings. The van der Waals surface area contributed by atoms with Crippen LogP contribution in [0.5, 0.6) is 17.2 Å². The van der Waals surface area contributed by atoms with Crippen LogP contribution in [0.4, 0.5) is 0 Å². The Balaban J connectivity index is 1.77. The third-order valence-corrected chi connectivity index (χ3v) is 6.04. The lowest BCUT2D eigenvalue weighted by Crippen LogP contribution is -2.23. The fourth-order valence-corrected chi connectivity index (χ4v) is 3.77. The molecular formula is C27H24BrClN2O4. The molecule has 0 aliphatic rings. The van der Waals surface area contributed by atoms with Gasteiger partial charge in [0.05, 0.1) is 13.7 Å². The van der Waals surface area contributed by atoms with E-state index >= 15 is 0 Å². The summed E-state index contributed by atoms with van der Waals surface area (Å²) in [5.41, 5.74) is 2.30. The molecule has 180 valence electrons. The average Bonchev–Trinajstić information content (AvgIpc) is 2.87. The number of nitriles is 1. The SMILES string of the molecule is CCOc1cc(/C=C(/C#N)C(=O)NCc2ccc(OC)cc2)c(Br)cc1OCc1ccccc1Cl. The summed E-state index contributed by atoms with van der Waals surface area (Å²) in [5, 5.41) is 13.0. The molecule has 3 aromatic carbocycles. The van der Waals surface area contributed by atoms with Crippen LogP contribution in [0.1, 0.15) is 23.6 Å². The molecule has 1 N–H and O–H groups in total. The maximum absolute atomic E-state index is 12.6. The van der Waals surface area contributed by atoms with Crippen LogP contribution in [-0.4, -0.2) is 19.6 Å². The van der Waals surface area contributed by atoms with Gasteiger partial charge < -0.3 is 19.5 Å². The molecule has 0 aliphatic carbocycles. The number of hydrogen-bond acceptors (Lipinski definition) is 5. The Hall–Kier alpha value is -3.47. The maximum Gasteiger partial charge on any atom is 0.262 e. The molecule has 0 bridgehead atoms. The number of ether oxygens (including phenoxy) is 3. The summed E-state index contributed by atoms with van der Waals surface area (Å²) in [5.74, 6) is 1.25. The summed E-state index contributed by atoms with van der Waals surface area (Å²) < 4.78 is 17.5. The lowest BCUT2D eigenvalue weighted by Gasteiger charge is -2.15. The molecule has 0 unspecified atom stereocenters.